The summed E-state index contributed by atoms with van der Waals surface area (Å²) >= 11 is 0. The second kappa shape index (κ2) is 6.06. The molecule has 0 amide bonds. The molecule has 3 nitrogen and oxygen atoms in total. The predicted molar refractivity (Wildman–Crippen MR) is 63.0 cm³/mol. The maximum atomic E-state index is 10.0. The van der Waals surface area contributed by atoms with E-state index in [0.717, 1.165) is 12.1 Å². The van der Waals surface area contributed by atoms with E-state index in [1.807, 2.05) is 6.07 Å². The molecule has 1 atom stereocenters. The van der Waals surface area contributed by atoms with Crippen molar-refractivity contribution >= 4 is 0 Å². The average molecular weight is 223 g/mol. The molecule has 1 saturated carbocycles. The van der Waals surface area contributed by atoms with Gasteiger partial charge in [-0.3, -0.25) is 0 Å². The van der Waals surface area contributed by atoms with Crippen LogP contribution in [-0.2, 0) is 6.54 Å². The van der Waals surface area contributed by atoms with E-state index >= 15 is 0 Å². The Hall–Kier alpha value is -0.800. The Morgan fingerprint density at radius 3 is 2.88 bits per heavy atom. The Balaban J connectivity index is 1.65. The maximum Gasteiger partial charge on any atom is 0.0947 e. The van der Waals surface area contributed by atoms with Crippen molar-refractivity contribution in [2.75, 3.05) is 6.54 Å². The SMILES string of the molecule is OC(CNCc1ccoc1)C1CCCCC1. The monoisotopic (exact) mass is 223 g/mol. The highest BCUT2D eigenvalue weighted by molar-refractivity contribution is 5.04. The van der Waals surface area contributed by atoms with E-state index in [9.17, 15) is 5.11 Å². The van der Waals surface area contributed by atoms with Crippen molar-refractivity contribution in [2.24, 2.45) is 5.92 Å². The minimum absolute atomic E-state index is 0.188. The fourth-order valence-electron chi connectivity index (χ4n) is 2.44. The van der Waals surface area contributed by atoms with Crippen molar-refractivity contribution in [2.45, 2.75) is 44.8 Å². The minimum atomic E-state index is -0.188. The van der Waals surface area contributed by atoms with Crippen LogP contribution in [0, 0.1) is 5.92 Å². The first kappa shape index (κ1) is 11.7. The van der Waals surface area contributed by atoms with Gasteiger partial charge in [-0.1, -0.05) is 19.3 Å². The van der Waals surface area contributed by atoms with E-state index in [0.29, 0.717) is 12.5 Å². The van der Waals surface area contributed by atoms with Crippen molar-refractivity contribution < 1.29 is 9.52 Å². The molecule has 0 bridgehead atoms. The van der Waals surface area contributed by atoms with E-state index in [2.05, 4.69) is 5.32 Å². The molecule has 1 aromatic rings. The van der Waals surface area contributed by atoms with E-state index in [4.69, 9.17) is 4.42 Å². The predicted octanol–water partition coefficient (Wildman–Crippen LogP) is 2.31. The summed E-state index contributed by atoms with van der Waals surface area (Å²) in [4.78, 5) is 0. The molecular weight excluding hydrogens is 202 g/mol. The molecule has 1 heterocycles. The fraction of sp³-hybridized carbons (Fsp3) is 0.692. The largest absolute Gasteiger partial charge is 0.472 e. The average Bonchev–Trinajstić information content (AvgIpc) is 2.83. The summed E-state index contributed by atoms with van der Waals surface area (Å²) < 4.78 is 4.99. The second-order valence-corrected chi connectivity index (χ2v) is 4.73. The zero-order chi connectivity index (χ0) is 11.2. The van der Waals surface area contributed by atoms with Crippen molar-refractivity contribution in [1.82, 2.24) is 5.32 Å². The highest BCUT2D eigenvalue weighted by atomic mass is 16.3. The van der Waals surface area contributed by atoms with Crippen molar-refractivity contribution in [3.05, 3.63) is 24.2 Å². The summed E-state index contributed by atoms with van der Waals surface area (Å²) in [5.41, 5.74) is 1.14. The zero-order valence-corrected chi connectivity index (χ0v) is 9.69. The first-order valence-electron chi connectivity index (χ1n) is 6.26. The van der Waals surface area contributed by atoms with Gasteiger partial charge in [0.25, 0.3) is 0 Å². The molecule has 1 fully saturated rings. The number of hydrogen-bond acceptors (Lipinski definition) is 3. The molecule has 0 aromatic carbocycles. The number of aliphatic hydroxyl groups excluding tert-OH is 1. The molecule has 3 heteroatoms. The Bertz CT molecular complexity index is 278. The van der Waals surface area contributed by atoms with Crippen LogP contribution in [0.2, 0.25) is 0 Å². The topological polar surface area (TPSA) is 45.4 Å². The summed E-state index contributed by atoms with van der Waals surface area (Å²) in [6.45, 7) is 1.47. The second-order valence-electron chi connectivity index (χ2n) is 4.73. The van der Waals surface area contributed by atoms with Gasteiger partial charge in [-0.05, 0) is 24.8 Å². The highest BCUT2D eigenvalue weighted by Gasteiger charge is 2.20. The summed E-state index contributed by atoms with van der Waals surface area (Å²) in [7, 11) is 0. The maximum absolute atomic E-state index is 10.0. The number of furan rings is 1. The lowest BCUT2D eigenvalue weighted by atomic mass is 9.85. The van der Waals surface area contributed by atoms with E-state index in [-0.39, 0.29) is 6.10 Å². The lowest BCUT2D eigenvalue weighted by molar-refractivity contribution is 0.0838. The summed E-state index contributed by atoms with van der Waals surface area (Å²) in [6.07, 6.45) is 9.50. The molecule has 1 unspecified atom stereocenters. The van der Waals surface area contributed by atoms with Crippen LogP contribution in [0.25, 0.3) is 0 Å². The molecule has 90 valence electrons. The molecule has 0 spiro atoms. The third-order valence-electron chi connectivity index (χ3n) is 3.46. The lowest BCUT2D eigenvalue weighted by Gasteiger charge is -2.26. The highest BCUT2D eigenvalue weighted by Crippen LogP contribution is 2.26. The van der Waals surface area contributed by atoms with Gasteiger partial charge in [0.2, 0.25) is 0 Å². The smallest absolute Gasteiger partial charge is 0.0947 e. The quantitative estimate of drug-likeness (QED) is 0.805. The molecule has 1 aliphatic carbocycles. The third kappa shape index (κ3) is 3.35. The first-order valence-corrected chi connectivity index (χ1v) is 6.26. The Labute approximate surface area is 96.8 Å². The first-order chi connectivity index (χ1) is 7.86. The van der Waals surface area contributed by atoms with Gasteiger partial charge in [-0.2, -0.15) is 0 Å². The van der Waals surface area contributed by atoms with Gasteiger partial charge in [0.1, 0.15) is 0 Å². The normalized spacial score (nSPS) is 19.8. The van der Waals surface area contributed by atoms with Gasteiger partial charge in [0.15, 0.2) is 0 Å². The van der Waals surface area contributed by atoms with Crippen LogP contribution in [-0.4, -0.2) is 17.8 Å². The van der Waals surface area contributed by atoms with Crippen LogP contribution in [0.15, 0.2) is 23.0 Å². The Morgan fingerprint density at radius 2 is 2.19 bits per heavy atom. The summed E-state index contributed by atoms with van der Waals surface area (Å²) in [5.74, 6) is 0.505. The molecular formula is C13H21NO2. The van der Waals surface area contributed by atoms with Gasteiger partial charge in [0.05, 0.1) is 18.6 Å². The standard InChI is InChI=1S/C13H21NO2/c15-13(12-4-2-1-3-5-12)9-14-8-11-6-7-16-10-11/h6-7,10,12-15H,1-5,8-9H2. The van der Waals surface area contributed by atoms with Gasteiger partial charge in [-0.25, -0.2) is 0 Å². The van der Waals surface area contributed by atoms with Crippen LogP contribution in [0.4, 0.5) is 0 Å². The molecule has 16 heavy (non-hydrogen) atoms. The van der Waals surface area contributed by atoms with E-state index in [1.165, 1.54) is 32.1 Å². The molecule has 0 radical (unpaired) electrons. The van der Waals surface area contributed by atoms with Gasteiger partial charge in [0, 0.05) is 18.7 Å². The van der Waals surface area contributed by atoms with Crippen molar-refractivity contribution in [3.63, 3.8) is 0 Å². The molecule has 2 N–H and O–H groups in total. The van der Waals surface area contributed by atoms with Crippen LogP contribution in [0.5, 0.6) is 0 Å². The molecule has 0 saturated heterocycles. The van der Waals surface area contributed by atoms with Crippen molar-refractivity contribution in [3.8, 4) is 0 Å². The minimum Gasteiger partial charge on any atom is -0.472 e. The Morgan fingerprint density at radius 1 is 1.38 bits per heavy atom. The number of aliphatic hydroxyl groups is 1. The van der Waals surface area contributed by atoms with Crippen LogP contribution < -0.4 is 5.32 Å². The third-order valence-corrected chi connectivity index (χ3v) is 3.46. The lowest BCUT2D eigenvalue weighted by Crippen LogP contribution is -2.33. The van der Waals surface area contributed by atoms with Crippen LogP contribution in [0.1, 0.15) is 37.7 Å². The molecule has 0 aliphatic heterocycles. The summed E-state index contributed by atoms with van der Waals surface area (Å²) in [5, 5.41) is 13.3. The Kier molecular flexibility index (Phi) is 4.43. The molecule has 2 rings (SSSR count). The zero-order valence-electron chi connectivity index (χ0n) is 9.69. The van der Waals surface area contributed by atoms with Gasteiger partial charge < -0.3 is 14.8 Å². The van der Waals surface area contributed by atoms with Crippen LogP contribution >= 0.6 is 0 Å². The van der Waals surface area contributed by atoms with Crippen LogP contribution in [0.3, 0.4) is 0 Å². The number of rotatable bonds is 5. The number of hydrogen-bond donors (Lipinski definition) is 2. The van der Waals surface area contributed by atoms with E-state index < -0.39 is 0 Å². The molecule has 1 aliphatic rings. The fourth-order valence-corrected chi connectivity index (χ4v) is 2.44. The van der Waals surface area contributed by atoms with E-state index in [1.54, 1.807) is 12.5 Å². The summed E-state index contributed by atoms with van der Waals surface area (Å²) in [6, 6.07) is 1.94. The van der Waals surface area contributed by atoms with Gasteiger partial charge >= 0.3 is 0 Å². The van der Waals surface area contributed by atoms with Gasteiger partial charge in [-0.15, -0.1) is 0 Å². The van der Waals surface area contributed by atoms with Crippen molar-refractivity contribution in [1.29, 1.82) is 0 Å². The molecule has 1 aromatic heterocycles. The number of nitrogens with one attached hydrogen (secondary N) is 1.